The Balaban J connectivity index is 1.79. The lowest BCUT2D eigenvalue weighted by atomic mass is 10.1. The molecule has 0 aliphatic heterocycles. The standard InChI is InChI=1S/C14H13ClN6/c1-10-3-2-4-11(7-10)8-17-13-18-12(15)19-14(20-13)21-6-5-16-9-21/h2-7,9H,8H2,1H3,(H,17,18,19,20). The molecule has 0 bridgehead atoms. The highest BCUT2D eigenvalue weighted by atomic mass is 35.5. The Kier molecular flexibility index (Phi) is 3.79. The Bertz CT molecular complexity index is 741. The number of imidazole rings is 1. The maximum Gasteiger partial charge on any atom is 0.241 e. The van der Waals surface area contributed by atoms with Gasteiger partial charge in [0, 0.05) is 18.9 Å². The van der Waals surface area contributed by atoms with Gasteiger partial charge >= 0.3 is 0 Å². The second kappa shape index (κ2) is 5.88. The molecule has 2 aromatic heterocycles. The van der Waals surface area contributed by atoms with Crippen molar-refractivity contribution in [1.82, 2.24) is 24.5 Å². The summed E-state index contributed by atoms with van der Waals surface area (Å²) in [4.78, 5) is 16.4. The summed E-state index contributed by atoms with van der Waals surface area (Å²) in [5.74, 6) is 0.861. The molecule has 2 heterocycles. The largest absolute Gasteiger partial charge is 0.350 e. The van der Waals surface area contributed by atoms with Crippen LogP contribution in [0.5, 0.6) is 0 Å². The fourth-order valence-electron chi connectivity index (χ4n) is 1.91. The third-order valence-electron chi connectivity index (χ3n) is 2.86. The number of halogens is 1. The van der Waals surface area contributed by atoms with Crippen molar-refractivity contribution in [3.63, 3.8) is 0 Å². The van der Waals surface area contributed by atoms with Crippen molar-refractivity contribution in [3.05, 3.63) is 59.4 Å². The van der Waals surface area contributed by atoms with Gasteiger partial charge < -0.3 is 5.32 Å². The van der Waals surface area contributed by atoms with Crippen LogP contribution in [0.3, 0.4) is 0 Å². The second-order valence-corrected chi connectivity index (χ2v) is 4.88. The summed E-state index contributed by atoms with van der Waals surface area (Å²) in [6, 6.07) is 8.22. The molecule has 3 aromatic rings. The van der Waals surface area contributed by atoms with Gasteiger partial charge in [-0.15, -0.1) is 0 Å². The van der Waals surface area contributed by atoms with Gasteiger partial charge in [-0.05, 0) is 24.1 Å². The van der Waals surface area contributed by atoms with Crippen molar-refractivity contribution in [2.24, 2.45) is 0 Å². The monoisotopic (exact) mass is 300 g/mol. The van der Waals surface area contributed by atoms with Crippen molar-refractivity contribution < 1.29 is 0 Å². The molecule has 106 valence electrons. The molecule has 0 fully saturated rings. The minimum Gasteiger partial charge on any atom is -0.350 e. The molecule has 0 saturated heterocycles. The van der Waals surface area contributed by atoms with Gasteiger partial charge in [-0.2, -0.15) is 15.0 Å². The molecule has 0 amide bonds. The number of benzene rings is 1. The van der Waals surface area contributed by atoms with Crippen LogP contribution >= 0.6 is 11.6 Å². The van der Waals surface area contributed by atoms with Crippen molar-refractivity contribution in [1.29, 1.82) is 0 Å². The van der Waals surface area contributed by atoms with E-state index >= 15 is 0 Å². The summed E-state index contributed by atoms with van der Waals surface area (Å²) >= 11 is 5.94. The molecule has 0 aliphatic rings. The van der Waals surface area contributed by atoms with Gasteiger partial charge in [-0.25, -0.2) is 4.98 Å². The first-order valence-electron chi connectivity index (χ1n) is 6.40. The summed E-state index contributed by atoms with van der Waals surface area (Å²) in [5.41, 5.74) is 2.36. The van der Waals surface area contributed by atoms with E-state index in [1.54, 1.807) is 23.3 Å². The molecule has 7 heteroatoms. The van der Waals surface area contributed by atoms with Crippen LogP contribution in [0.4, 0.5) is 5.95 Å². The summed E-state index contributed by atoms with van der Waals surface area (Å²) in [7, 11) is 0. The molecule has 0 unspecified atom stereocenters. The molecule has 21 heavy (non-hydrogen) atoms. The molecule has 0 aliphatic carbocycles. The van der Waals surface area contributed by atoms with Crippen LogP contribution in [0.1, 0.15) is 11.1 Å². The number of hydrogen-bond acceptors (Lipinski definition) is 5. The molecule has 6 nitrogen and oxygen atoms in total. The first-order chi connectivity index (χ1) is 10.2. The Morgan fingerprint density at radius 1 is 1.24 bits per heavy atom. The first-order valence-corrected chi connectivity index (χ1v) is 6.78. The zero-order chi connectivity index (χ0) is 14.7. The van der Waals surface area contributed by atoms with E-state index in [9.17, 15) is 0 Å². The van der Waals surface area contributed by atoms with Gasteiger partial charge in [0.2, 0.25) is 17.2 Å². The third-order valence-corrected chi connectivity index (χ3v) is 3.03. The van der Waals surface area contributed by atoms with E-state index in [0.717, 1.165) is 5.56 Å². The number of rotatable bonds is 4. The normalized spacial score (nSPS) is 10.6. The van der Waals surface area contributed by atoms with Gasteiger partial charge in [0.1, 0.15) is 6.33 Å². The Morgan fingerprint density at radius 2 is 2.14 bits per heavy atom. The molecule has 0 spiro atoms. The number of hydrogen-bond donors (Lipinski definition) is 1. The summed E-state index contributed by atoms with van der Waals surface area (Å²) in [6.45, 7) is 2.67. The van der Waals surface area contributed by atoms with Gasteiger partial charge in [0.05, 0.1) is 0 Å². The lowest BCUT2D eigenvalue weighted by molar-refractivity contribution is 0.888. The van der Waals surface area contributed by atoms with Gasteiger partial charge in [0.15, 0.2) is 0 Å². The van der Waals surface area contributed by atoms with Crippen molar-refractivity contribution in [2.75, 3.05) is 5.32 Å². The first kappa shape index (κ1) is 13.5. The number of nitrogens with zero attached hydrogens (tertiary/aromatic N) is 5. The summed E-state index contributed by atoms with van der Waals surface area (Å²) in [5, 5.41) is 3.29. The molecule has 0 radical (unpaired) electrons. The number of aromatic nitrogens is 5. The van der Waals surface area contributed by atoms with Crippen LogP contribution < -0.4 is 5.32 Å². The highest BCUT2D eigenvalue weighted by Crippen LogP contribution is 2.11. The van der Waals surface area contributed by atoms with E-state index in [0.29, 0.717) is 18.4 Å². The van der Waals surface area contributed by atoms with E-state index in [-0.39, 0.29) is 5.28 Å². The van der Waals surface area contributed by atoms with E-state index in [1.807, 2.05) is 12.1 Å². The predicted molar refractivity (Wildman–Crippen MR) is 80.5 cm³/mol. The zero-order valence-electron chi connectivity index (χ0n) is 11.4. The minimum absolute atomic E-state index is 0.139. The van der Waals surface area contributed by atoms with Crippen LogP contribution in [0.2, 0.25) is 5.28 Å². The van der Waals surface area contributed by atoms with Crippen LogP contribution in [-0.2, 0) is 6.54 Å². The average Bonchev–Trinajstić information content (AvgIpc) is 2.99. The van der Waals surface area contributed by atoms with E-state index in [2.05, 4.69) is 44.3 Å². The van der Waals surface area contributed by atoms with E-state index in [1.165, 1.54) is 5.56 Å². The van der Waals surface area contributed by atoms with E-state index in [4.69, 9.17) is 11.6 Å². The number of nitrogens with one attached hydrogen (secondary N) is 1. The topological polar surface area (TPSA) is 68.5 Å². The molecule has 0 saturated carbocycles. The fraction of sp³-hybridized carbons (Fsp3) is 0.143. The summed E-state index contributed by atoms with van der Waals surface area (Å²) in [6.07, 6.45) is 5.00. The van der Waals surface area contributed by atoms with Crippen LogP contribution in [-0.4, -0.2) is 24.5 Å². The minimum atomic E-state index is 0.139. The predicted octanol–water partition coefficient (Wildman–Crippen LogP) is 2.63. The smallest absolute Gasteiger partial charge is 0.241 e. The second-order valence-electron chi connectivity index (χ2n) is 4.54. The van der Waals surface area contributed by atoms with Crippen molar-refractivity contribution >= 4 is 17.5 Å². The lowest BCUT2D eigenvalue weighted by Crippen LogP contribution is -2.08. The van der Waals surface area contributed by atoms with Gasteiger partial charge in [-0.3, -0.25) is 4.57 Å². The highest BCUT2D eigenvalue weighted by Gasteiger charge is 2.06. The fourth-order valence-corrected chi connectivity index (χ4v) is 2.07. The maximum absolute atomic E-state index is 5.94. The average molecular weight is 301 g/mol. The molecular weight excluding hydrogens is 288 g/mol. The Hall–Kier alpha value is -2.47. The Labute approximate surface area is 126 Å². The molecule has 1 N–H and O–H groups in total. The van der Waals surface area contributed by atoms with Crippen LogP contribution in [0.15, 0.2) is 43.0 Å². The molecule has 1 aromatic carbocycles. The SMILES string of the molecule is Cc1cccc(CNc2nc(Cl)nc(-n3ccnc3)n2)c1. The molecular formula is C14H13ClN6. The van der Waals surface area contributed by atoms with Crippen LogP contribution in [0.25, 0.3) is 5.95 Å². The zero-order valence-corrected chi connectivity index (χ0v) is 12.1. The number of anilines is 1. The van der Waals surface area contributed by atoms with Gasteiger partial charge in [-0.1, -0.05) is 29.8 Å². The van der Waals surface area contributed by atoms with Crippen molar-refractivity contribution in [3.8, 4) is 5.95 Å². The van der Waals surface area contributed by atoms with E-state index < -0.39 is 0 Å². The Morgan fingerprint density at radius 3 is 2.90 bits per heavy atom. The third kappa shape index (κ3) is 3.35. The number of aryl methyl sites for hydroxylation is 1. The van der Waals surface area contributed by atoms with Crippen LogP contribution in [0, 0.1) is 6.92 Å². The molecule has 3 rings (SSSR count). The molecule has 0 atom stereocenters. The lowest BCUT2D eigenvalue weighted by Gasteiger charge is -2.07. The van der Waals surface area contributed by atoms with Crippen molar-refractivity contribution in [2.45, 2.75) is 13.5 Å². The highest BCUT2D eigenvalue weighted by molar-refractivity contribution is 6.28. The van der Waals surface area contributed by atoms with Gasteiger partial charge in [0.25, 0.3) is 0 Å². The quantitative estimate of drug-likeness (QED) is 0.802. The summed E-state index contributed by atoms with van der Waals surface area (Å²) < 4.78 is 1.67. The maximum atomic E-state index is 5.94.